The van der Waals surface area contributed by atoms with Crippen LogP contribution < -0.4 is 0 Å². The topological polar surface area (TPSA) is 43.4 Å². The van der Waals surface area contributed by atoms with Crippen LogP contribution >= 0.6 is 11.8 Å². The molecule has 23 heavy (non-hydrogen) atoms. The molecule has 0 aliphatic carbocycles. The van der Waals surface area contributed by atoms with Gasteiger partial charge in [-0.2, -0.15) is 0 Å². The SMILES string of the molecule is COC(=O)C[C@@H](CC(=O)SCc1ccccc1)c1ccccc1. The quantitative estimate of drug-likeness (QED) is 0.715. The molecule has 0 heterocycles. The Labute approximate surface area is 141 Å². The lowest BCUT2D eigenvalue weighted by Crippen LogP contribution is -2.11. The third kappa shape index (κ3) is 5.91. The number of benzene rings is 2. The van der Waals surface area contributed by atoms with E-state index in [0.29, 0.717) is 12.2 Å². The third-order valence-electron chi connectivity index (χ3n) is 3.57. The molecule has 120 valence electrons. The number of carbonyl (C=O) groups excluding carboxylic acids is 2. The Morgan fingerprint density at radius 3 is 2.17 bits per heavy atom. The molecule has 2 rings (SSSR count). The normalized spacial score (nSPS) is 11.7. The molecular weight excluding hydrogens is 308 g/mol. The van der Waals surface area contributed by atoms with Gasteiger partial charge in [-0.05, 0) is 11.1 Å². The summed E-state index contributed by atoms with van der Waals surface area (Å²) >= 11 is 1.30. The number of esters is 1. The summed E-state index contributed by atoms with van der Waals surface area (Å²) in [6.45, 7) is 0. The van der Waals surface area contributed by atoms with E-state index in [4.69, 9.17) is 4.74 Å². The Kier molecular flexibility index (Phi) is 6.88. The monoisotopic (exact) mass is 328 g/mol. The fourth-order valence-corrected chi connectivity index (χ4v) is 3.15. The van der Waals surface area contributed by atoms with Gasteiger partial charge in [0.25, 0.3) is 0 Å². The van der Waals surface area contributed by atoms with E-state index in [9.17, 15) is 9.59 Å². The van der Waals surface area contributed by atoms with E-state index < -0.39 is 0 Å². The summed E-state index contributed by atoms with van der Waals surface area (Å²) in [5, 5.41) is 0.0895. The van der Waals surface area contributed by atoms with Gasteiger partial charge >= 0.3 is 5.97 Å². The molecule has 3 nitrogen and oxygen atoms in total. The van der Waals surface area contributed by atoms with Gasteiger partial charge in [-0.25, -0.2) is 0 Å². The van der Waals surface area contributed by atoms with Crippen LogP contribution in [0.3, 0.4) is 0 Å². The molecule has 0 unspecified atom stereocenters. The molecule has 0 saturated carbocycles. The average molecular weight is 328 g/mol. The van der Waals surface area contributed by atoms with Gasteiger partial charge in [0.05, 0.1) is 13.5 Å². The third-order valence-corrected chi connectivity index (χ3v) is 4.53. The van der Waals surface area contributed by atoms with Crippen LogP contribution in [0.4, 0.5) is 0 Å². The first-order valence-electron chi connectivity index (χ1n) is 7.50. The molecule has 0 fully saturated rings. The van der Waals surface area contributed by atoms with E-state index in [2.05, 4.69) is 0 Å². The van der Waals surface area contributed by atoms with Crippen LogP contribution in [0.1, 0.15) is 29.9 Å². The van der Waals surface area contributed by atoms with Crippen molar-refractivity contribution in [2.24, 2.45) is 0 Å². The van der Waals surface area contributed by atoms with E-state index in [1.165, 1.54) is 18.9 Å². The number of thioether (sulfide) groups is 1. The Balaban J connectivity index is 1.96. The molecule has 0 spiro atoms. The molecule has 4 heteroatoms. The summed E-state index contributed by atoms with van der Waals surface area (Å²) in [6.07, 6.45) is 0.550. The summed E-state index contributed by atoms with van der Waals surface area (Å²) in [5.41, 5.74) is 2.11. The summed E-state index contributed by atoms with van der Waals surface area (Å²) in [6, 6.07) is 19.5. The minimum Gasteiger partial charge on any atom is -0.469 e. The maximum Gasteiger partial charge on any atom is 0.306 e. The molecule has 1 atom stereocenters. The van der Waals surface area contributed by atoms with Crippen LogP contribution in [0.5, 0.6) is 0 Å². The standard InChI is InChI=1S/C19H20O3S/c1-22-18(20)12-17(16-10-6-3-7-11-16)13-19(21)23-14-15-8-4-2-5-9-15/h2-11,17H,12-14H2,1H3/t17-/m0/s1. The molecule has 0 radical (unpaired) electrons. The molecule has 0 saturated heterocycles. The van der Waals surface area contributed by atoms with Crippen molar-refractivity contribution in [1.82, 2.24) is 0 Å². The predicted octanol–water partition coefficient (Wildman–Crippen LogP) is 4.18. The zero-order valence-corrected chi connectivity index (χ0v) is 13.9. The van der Waals surface area contributed by atoms with Gasteiger partial charge < -0.3 is 4.74 Å². The molecule has 0 aromatic heterocycles. The van der Waals surface area contributed by atoms with Crippen molar-refractivity contribution in [3.63, 3.8) is 0 Å². The minimum atomic E-state index is -0.292. The van der Waals surface area contributed by atoms with E-state index in [-0.39, 0.29) is 23.4 Å². The first kappa shape index (κ1) is 17.3. The van der Waals surface area contributed by atoms with Crippen molar-refractivity contribution in [3.05, 3.63) is 71.8 Å². The van der Waals surface area contributed by atoms with E-state index >= 15 is 0 Å². The number of carbonyl (C=O) groups is 2. The fourth-order valence-electron chi connectivity index (χ4n) is 2.32. The van der Waals surface area contributed by atoms with Gasteiger partial charge in [-0.15, -0.1) is 0 Å². The van der Waals surface area contributed by atoms with E-state index in [0.717, 1.165) is 11.1 Å². The summed E-state index contributed by atoms with van der Waals surface area (Å²) in [7, 11) is 1.37. The van der Waals surface area contributed by atoms with Gasteiger partial charge in [0, 0.05) is 18.1 Å². The zero-order valence-electron chi connectivity index (χ0n) is 13.1. The predicted molar refractivity (Wildman–Crippen MR) is 93.2 cm³/mol. The lowest BCUT2D eigenvalue weighted by atomic mass is 9.93. The minimum absolute atomic E-state index is 0.0895. The second kappa shape index (κ2) is 9.16. The molecule has 0 bridgehead atoms. The van der Waals surface area contributed by atoms with Crippen LogP contribution in [0.15, 0.2) is 60.7 Å². The van der Waals surface area contributed by atoms with Crippen molar-refractivity contribution >= 4 is 22.8 Å². The molecule has 0 aliphatic rings. The molecule has 2 aromatic carbocycles. The Bertz CT molecular complexity index is 626. The second-order valence-electron chi connectivity index (χ2n) is 5.24. The van der Waals surface area contributed by atoms with Gasteiger partial charge in [0.2, 0.25) is 0 Å². The number of ether oxygens (including phenoxy) is 1. The molecule has 0 N–H and O–H groups in total. The van der Waals surface area contributed by atoms with Crippen molar-refractivity contribution in [1.29, 1.82) is 0 Å². The maximum absolute atomic E-state index is 12.3. The van der Waals surface area contributed by atoms with E-state index in [1.807, 2.05) is 60.7 Å². The van der Waals surface area contributed by atoms with E-state index in [1.54, 1.807) is 0 Å². The Morgan fingerprint density at radius 1 is 0.957 bits per heavy atom. The highest BCUT2D eigenvalue weighted by atomic mass is 32.2. The molecular formula is C19H20O3S. The number of rotatable bonds is 7. The van der Waals surface area contributed by atoms with Crippen molar-refractivity contribution in [2.45, 2.75) is 24.5 Å². The van der Waals surface area contributed by atoms with Crippen molar-refractivity contribution < 1.29 is 14.3 Å². The smallest absolute Gasteiger partial charge is 0.306 e. The zero-order chi connectivity index (χ0) is 16.5. The van der Waals surface area contributed by atoms with Gasteiger partial charge in [-0.1, -0.05) is 72.4 Å². The summed E-state index contributed by atoms with van der Waals surface area (Å²) < 4.78 is 4.76. The number of methoxy groups -OCH3 is 1. The van der Waals surface area contributed by atoms with Crippen molar-refractivity contribution in [2.75, 3.05) is 7.11 Å². The Morgan fingerprint density at radius 2 is 1.57 bits per heavy atom. The molecule has 0 aliphatic heterocycles. The molecule has 0 amide bonds. The highest BCUT2D eigenvalue weighted by Gasteiger charge is 2.20. The van der Waals surface area contributed by atoms with Gasteiger partial charge in [0.1, 0.15) is 0 Å². The van der Waals surface area contributed by atoms with Crippen LogP contribution in [0.2, 0.25) is 0 Å². The highest BCUT2D eigenvalue weighted by Crippen LogP contribution is 2.27. The fraction of sp³-hybridized carbons (Fsp3) is 0.263. The summed E-state index contributed by atoms with van der Waals surface area (Å²) in [4.78, 5) is 23.9. The number of hydrogen-bond donors (Lipinski definition) is 0. The van der Waals surface area contributed by atoms with Gasteiger partial charge in [0.15, 0.2) is 5.12 Å². The lowest BCUT2D eigenvalue weighted by Gasteiger charge is -2.15. The largest absolute Gasteiger partial charge is 0.469 e. The summed E-state index contributed by atoms with van der Waals surface area (Å²) in [5.74, 6) is 0.221. The highest BCUT2D eigenvalue weighted by molar-refractivity contribution is 8.12. The van der Waals surface area contributed by atoms with Crippen LogP contribution in [0.25, 0.3) is 0 Å². The maximum atomic E-state index is 12.3. The molecule has 2 aromatic rings. The number of hydrogen-bond acceptors (Lipinski definition) is 4. The lowest BCUT2D eigenvalue weighted by molar-refractivity contribution is -0.141. The van der Waals surface area contributed by atoms with Crippen LogP contribution in [0, 0.1) is 0 Å². The van der Waals surface area contributed by atoms with Crippen LogP contribution in [-0.2, 0) is 20.1 Å². The van der Waals surface area contributed by atoms with Crippen molar-refractivity contribution in [3.8, 4) is 0 Å². The van der Waals surface area contributed by atoms with Gasteiger partial charge in [-0.3, -0.25) is 9.59 Å². The first-order valence-corrected chi connectivity index (χ1v) is 8.49. The van der Waals surface area contributed by atoms with Crippen LogP contribution in [-0.4, -0.2) is 18.2 Å². The second-order valence-corrected chi connectivity index (χ2v) is 6.27. The Hall–Kier alpha value is -2.07. The average Bonchev–Trinajstić information content (AvgIpc) is 2.61. The first-order chi connectivity index (χ1) is 11.2.